The second-order valence-corrected chi connectivity index (χ2v) is 3.52. The molecule has 0 bridgehead atoms. The number of hydrogen-bond donors (Lipinski definition) is 1. The van der Waals surface area contributed by atoms with Crippen molar-refractivity contribution in [3.63, 3.8) is 0 Å². The molecule has 0 spiro atoms. The van der Waals surface area contributed by atoms with E-state index in [1.807, 2.05) is 0 Å². The summed E-state index contributed by atoms with van der Waals surface area (Å²) in [5.41, 5.74) is 5.86. The van der Waals surface area contributed by atoms with Gasteiger partial charge in [-0.15, -0.1) is 0 Å². The first-order valence-electron chi connectivity index (χ1n) is 4.14. The first kappa shape index (κ1) is 8.02. The minimum absolute atomic E-state index is 0.405. The van der Waals surface area contributed by atoms with E-state index in [2.05, 4.69) is 25.7 Å². The molecule has 0 unspecified atom stereocenters. The summed E-state index contributed by atoms with van der Waals surface area (Å²) in [6.45, 7) is 7.86. The molecule has 0 saturated carbocycles. The minimum Gasteiger partial charge on any atom is -0.326 e. The molecular formula is C8H18N2. The highest BCUT2D eigenvalue weighted by Gasteiger charge is 2.28. The van der Waals surface area contributed by atoms with Gasteiger partial charge >= 0.3 is 0 Å². The van der Waals surface area contributed by atoms with Crippen LogP contribution in [-0.2, 0) is 0 Å². The molecule has 1 fully saturated rings. The van der Waals surface area contributed by atoms with E-state index in [0.717, 1.165) is 0 Å². The van der Waals surface area contributed by atoms with E-state index >= 15 is 0 Å². The van der Waals surface area contributed by atoms with Crippen LogP contribution in [0.4, 0.5) is 0 Å². The monoisotopic (exact) mass is 142 g/mol. The molecular weight excluding hydrogens is 124 g/mol. The number of hydrogen-bond acceptors (Lipinski definition) is 2. The van der Waals surface area contributed by atoms with E-state index < -0.39 is 0 Å². The Morgan fingerprint density at radius 2 is 2.10 bits per heavy atom. The molecule has 0 aliphatic carbocycles. The summed E-state index contributed by atoms with van der Waals surface area (Å²) in [5.74, 6) is 0. The Kier molecular flexibility index (Phi) is 2.32. The summed E-state index contributed by atoms with van der Waals surface area (Å²) < 4.78 is 0. The highest BCUT2D eigenvalue weighted by Crippen LogP contribution is 2.17. The van der Waals surface area contributed by atoms with Gasteiger partial charge in [0.1, 0.15) is 0 Å². The second-order valence-electron chi connectivity index (χ2n) is 3.52. The molecule has 0 radical (unpaired) electrons. The zero-order valence-corrected chi connectivity index (χ0v) is 7.17. The maximum Gasteiger partial charge on any atom is 0.0222 e. The summed E-state index contributed by atoms with van der Waals surface area (Å²) in [5, 5.41) is 0. The molecule has 1 rings (SSSR count). The molecule has 10 heavy (non-hydrogen) atoms. The van der Waals surface area contributed by atoms with Crippen molar-refractivity contribution in [3.8, 4) is 0 Å². The smallest absolute Gasteiger partial charge is 0.0222 e. The van der Waals surface area contributed by atoms with Gasteiger partial charge in [0.25, 0.3) is 0 Å². The van der Waals surface area contributed by atoms with Crippen molar-refractivity contribution in [3.05, 3.63) is 0 Å². The van der Waals surface area contributed by atoms with Gasteiger partial charge in [0.2, 0.25) is 0 Å². The van der Waals surface area contributed by atoms with Gasteiger partial charge in [-0.05, 0) is 27.2 Å². The zero-order valence-electron chi connectivity index (χ0n) is 7.17. The molecule has 0 aromatic rings. The quantitative estimate of drug-likeness (QED) is 0.587. The highest BCUT2D eigenvalue weighted by atomic mass is 15.2. The Morgan fingerprint density at radius 1 is 1.50 bits per heavy atom. The predicted octanol–water partition coefficient (Wildman–Crippen LogP) is 0.816. The Balaban J connectivity index is 2.49. The summed E-state index contributed by atoms with van der Waals surface area (Å²) in [4.78, 5) is 2.46. The van der Waals surface area contributed by atoms with Crippen LogP contribution in [0.25, 0.3) is 0 Å². The van der Waals surface area contributed by atoms with Crippen LogP contribution in [0.2, 0.25) is 0 Å². The van der Waals surface area contributed by atoms with E-state index in [1.54, 1.807) is 0 Å². The first-order valence-corrected chi connectivity index (χ1v) is 4.14. The number of rotatable bonds is 1. The molecule has 0 amide bonds. The van der Waals surface area contributed by atoms with Gasteiger partial charge in [0.05, 0.1) is 0 Å². The summed E-state index contributed by atoms with van der Waals surface area (Å²) in [6, 6.07) is 1.64. The number of likely N-dealkylation sites (tertiary alicyclic amines) is 1. The van der Waals surface area contributed by atoms with Crippen LogP contribution in [-0.4, -0.2) is 29.6 Å². The van der Waals surface area contributed by atoms with E-state index in [4.69, 9.17) is 5.73 Å². The van der Waals surface area contributed by atoms with Gasteiger partial charge in [-0.2, -0.15) is 0 Å². The fourth-order valence-corrected chi connectivity index (χ4v) is 1.72. The van der Waals surface area contributed by atoms with E-state index in [-0.39, 0.29) is 0 Å². The number of nitrogens with zero attached hydrogens (tertiary/aromatic N) is 1. The largest absolute Gasteiger partial charge is 0.326 e. The molecule has 0 aromatic carbocycles. The van der Waals surface area contributed by atoms with Crippen LogP contribution < -0.4 is 5.73 Å². The Hall–Kier alpha value is -0.0800. The zero-order chi connectivity index (χ0) is 7.72. The van der Waals surface area contributed by atoms with Crippen LogP contribution >= 0.6 is 0 Å². The van der Waals surface area contributed by atoms with Crippen molar-refractivity contribution in [1.82, 2.24) is 4.90 Å². The fraction of sp³-hybridized carbons (Fsp3) is 1.00. The number of nitrogens with two attached hydrogens (primary N) is 1. The molecule has 2 nitrogen and oxygen atoms in total. The minimum atomic E-state index is 0.405. The SMILES string of the molecule is CC(C)N1CC[C@@H](N)[C@@H]1C. The molecule has 2 atom stereocenters. The lowest BCUT2D eigenvalue weighted by molar-refractivity contribution is 0.209. The molecule has 2 N–H and O–H groups in total. The molecule has 1 saturated heterocycles. The average molecular weight is 142 g/mol. The summed E-state index contributed by atoms with van der Waals surface area (Å²) >= 11 is 0. The molecule has 0 aromatic heterocycles. The van der Waals surface area contributed by atoms with Crippen LogP contribution in [0, 0.1) is 0 Å². The summed E-state index contributed by atoms with van der Waals surface area (Å²) in [6.07, 6.45) is 1.17. The summed E-state index contributed by atoms with van der Waals surface area (Å²) in [7, 11) is 0. The van der Waals surface area contributed by atoms with Gasteiger partial charge in [-0.1, -0.05) is 0 Å². The van der Waals surface area contributed by atoms with E-state index in [0.29, 0.717) is 18.1 Å². The lowest BCUT2D eigenvalue weighted by Crippen LogP contribution is -2.40. The molecule has 2 heteroatoms. The normalized spacial score (nSPS) is 35.7. The van der Waals surface area contributed by atoms with Crippen molar-refractivity contribution in [1.29, 1.82) is 0 Å². The third-order valence-electron chi connectivity index (χ3n) is 2.53. The second kappa shape index (κ2) is 2.89. The maximum atomic E-state index is 5.86. The van der Waals surface area contributed by atoms with Gasteiger partial charge in [0.15, 0.2) is 0 Å². The third-order valence-corrected chi connectivity index (χ3v) is 2.53. The molecule has 1 aliphatic rings. The van der Waals surface area contributed by atoms with Crippen LogP contribution in [0.5, 0.6) is 0 Å². The van der Waals surface area contributed by atoms with Gasteiger partial charge in [0, 0.05) is 24.7 Å². The molecule has 60 valence electrons. The van der Waals surface area contributed by atoms with Crippen molar-refractivity contribution in [2.24, 2.45) is 5.73 Å². The van der Waals surface area contributed by atoms with Crippen molar-refractivity contribution in [2.75, 3.05) is 6.54 Å². The van der Waals surface area contributed by atoms with Crippen LogP contribution in [0.15, 0.2) is 0 Å². The van der Waals surface area contributed by atoms with Crippen molar-refractivity contribution < 1.29 is 0 Å². The van der Waals surface area contributed by atoms with Gasteiger partial charge in [-0.3, -0.25) is 4.90 Å². The molecule has 1 aliphatic heterocycles. The van der Waals surface area contributed by atoms with E-state index in [1.165, 1.54) is 13.0 Å². The Labute approximate surface area is 63.4 Å². The lowest BCUT2D eigenvalue weighted by Gasteiger charge is -2.26. The highest BCUT2D eigenvalue weighted by molar-refractivity contribution is 4.87. The fourth-order valence-electron chi connectivity index (χ4n) is 1.72. The Bertz CT molecular complexity index is 112. The van der Waals surface area contributed by atoms with Crippen LogP contribution in [0.3, 0.4) is 0 Å². The van der Waals surface area contributed by atoms with Crippen LogP contribution in [0.1, 0.15) is 27.2 Å². The Morgan fingerprint density at radius 3 is 2.30 bits per heavy atom. The molecule has 1 heterocycles. The maximum absolute atomic E-state index is 5.86. The topological polar surface area (TPSA) is 29.3 Å². The first-order chi connectivity index (χ1) is 4.63. The predicted molar refractivity (Wildman–Crippen MR) is 43.9 cm³/mol. The van der Waals surface area contributed by atoms with Gasteiger partial charge < -0.3 is 5.73 Å². The van der Waals surface area contributed by atoms with Crippen molar-refractivity contribution >= 4 is 0 Å². The van der Waals surface area contributed by atoms with Gasteiger partial charge in [-0.25, -0.2) is 0 Å². The van der Waals surface area contributed by atoms with E-state index in [9.17, 15) is 0 Å². The van der Waals surface area contributed by atoms with Crippen molar-refractivity contribution in [2.45, 2.75) is 45.3 Å². The standard InChI is InChI=1S/C8H18N2/c1-6(2)10-5-4-8(9)7(10)3/h6-8H,4-5,9H2,1-3H3/t7-,8+/m0/s1. The lowest BCUT2D eigenvalue weighted by atomic mass is 10.1. The third kappa shape index (κ3) is 1.32. The average Bonchev–Trinajstić information content (AvgIpc) is 2.14.